The SMILES string of the molecule is COc1ccnc(COB(OCc2ccccc2)c2ccccc2)c1. The van der Waals surface area contributed by atoms with Gasteiger partial charge in [0.1, 0.15) is 5.75 Å². The molecule has 0 radical (unpaired) electrons. The Morgan fingerprint density at radius 3 is 2.24 bits per heavy atom. The Balaban J connectivity index is 1.68. The van der Waals surface area contributed by atoms with E-state index in [0.717, 1.165) is 22.5 Å². The molecule has 3 rings (SSSR count). The van der Waals surface area contributed by atoms with Crippen molar-refractivity contribution in [2.45, 2.75) is 13.2 Å². The first-order valence-electron chi connectivity index (χ1n) is 8.16. The molecule has 0 saturated heterocycles. The van der Waals surface area contributed by atoms with Crippen molar-refractivity contribution in [2.75, 3.05) is 7.11 Å². The number of aromatic nitrogens is 1. The van der Waals surface area contributed by atoms with Crippen molar-refractivity contribution in [1.29, 1.82) is 0 Å². The number of pyridine rings is 1. The Morgan fingerprint density at radius 2 is 1.52 bits per heavy atom. The van der Waals surface area contributed by atoms with Crippen LogP contribution in [0, 0.1) is 0 Å². The maximum absolute atomic E-state index is 6.01. The fraction of sp³-hybridized carbons (Fsp3) is 0.150. The van der Waals surface area contributed by atoms with Crippen LogP contribution in [0.2, 0.25) is 0 Å². The lowest BCUT2D eigenvalue weighted by molar-refractivity contribution is 0.190. The topological polar surface area (TPSA) is 40.6 Å². The van der Waals surface area contributed by atoms with Crippen LogP contribution in [-0.4, -0.2) is 19.2 Å². The summed E-state index contributed by atoms with van der Waals surface area (Å²) in [6.45, 7) is 0.817. The molecule has 0 unspecified atom stereocenters. The van der Waals surface area contributed by atoms with Gasteiger partial charge in [-0.3, -0.25) is 4.98 Å². The van der Waals surface area contributed by atoms with Crippen LogP contribution in [0.15, 0.2) is 79.0 Å². The Bertz CT molecular complexity index is 768. The molecule has 2 aromatic carbocycles. The monoisotopic (exact) mass is 333 g/mol. The average molecular weight is 333 g/mol. The first kappa shape index (κ1) is 17.2. The van der Waals surface area contributed by atoms with E-state index in [-0.39, 0.29) is 0 Å². The minimum absolute atomic E-state index is 0.339. The second kappa shape index (κ2) is 9.01. The lowest BCUT2D eigenvalue weighted by Crippen LogP contribution is -2.36. The van der Waals surface area contributed by atoms with E-state index < -0.39 is 7.12 Å². The van der Waals surface area contributed by atoms with Crippen LogP contribution < -0.4 is 10.2 Å². The van der Waals surface area contributed by atoms with Gasteiger partial charge in [-0.05, 0) is 17.1 Å². The van der Waals surface area contributed by atoms with E-state index in [2.05, 4.69) is 4.98 Å². The van der Waals surface area contributed by atoms with Gasteiger partial charge in [0.15, 0.2) is 0 Å². The predicted octanol–water partition coefficient (Wildman–Crippen LogP) is 3.22. The van der Waals surface area contributed by atoms with Crippen LogP contribution in [0.5, 0.6) is 5.75 Å². The summed E-state index contributed by atoms with van der Waals surface area (Å²) in [5.41, 5.74) is 2.87. The van der Waals surface area contributed by atoms with Gasteiger partial charge in [0, 0.05) is 12.3 Å². The molecule has 25 heavy (non-hydrogen) atoms. The Morgan fingerprint density at radius 1 is 0.840 bits per heavy atom. The van der Waals surface area contributed by atoms with Gasteiger partial charge in [-0.25, -0.2) is 0 Å². The third-order valence-corrected chi connectivity index (χ3v) is 3.72. The number of nitrogens with zero attached hydrogens (tertiary/aromatic N) is 1. The standard InChI is InChI=1S/C20H20BNO3/c1-23-20-12-13-22-19(14-20)16-25-21(18-10-6-3-7-11-18)24-15-17-8-4-2-5-9-17/h2-14H,15-16H2,1H3. The zero-order valence-corrected chi connectivity index (χ0v) is 14.2. The third kappa shape index (κ3) is 5.18. The quantitative estimate of drug-likeness (QED) is 0.594. The van der Waals surface area contributed by atoms with E-state index in [1.54, 1.807) is 13.3 Å². The maximum Gasteiger partial charge on any atom is 0.494 e. The van der Waals surface area contributed by atoms with Gasteiger partial charge in [-0.2, -0.15) is 0 Å². The molecule has 0 aliphatic rings. The molecule has 0 aliphatic heterocycles. The van der Waals surface area contributed by atoms with Crippen molar-refractivity contribution in [1.82, 2.24) is 4.98 Å². The summed E-state index contributed by atoms with van der Waals surface area (Å²) in [6, 6.07) is 23.6. The van der Waals surface area contributed by atoms with Crippen molar-refractivity contribution in [3.63, 3.8) is 0 Å². The first-order chi connectivity index (χ1) is 12.3. The van der Waals surface area contributed by atoms with Crippen molar-refractivity contribution in [2.24, 2.45) is 0 Å². The van der Waals surface area contributed by atoms with E-state index in [1.165, 1.54) is 0 Å². The highest BCUT2D eigenvalue weighted by Crippen LogP contribution is 2.11. The van der Waals surface area contributed by atoms with Crippen LogP contribution >= 0.6 is 0 Å². The molecule has 3 aromatic rings. The average Bonchev–Trinajstić information content (AvgIpc) is 2.69. The highest BCUT2D eigenvalue weighted by molar-refractivity contribution is 6.61. The summed E-state index contributed by atoms with van der Waals surface area (Å²) in [7, 11) is 1.17. The molecule has 0 N–H and O–H groups in total. The van der Waals surface area contributed by atoms with Gasteiger partial charge < -0.3 is 14.0 Å². The second-order valence-corrected chi connectivity index (χ2v) is 5.54. The van der Waals surface area contributed by atoms with Crippen LogP contribution in [0.4, 0.5) is 0 Å². The van der Waals surface area contributed by atoms with E-state index in [4.69, 9.17) is 14.0 Å². The lowest BCUT2D eigenvalue weighted by Gasteiger charge is -2.15. The third-order valence-electron chi connectivity index (χ3n) is 3.72. The number of rotatable bonds is 8. The molecular weight excluding hydrogens is 313 g/mol. The van der Waals surface area contributed by atoms with Crippen LogP contribution in [0.1, 0.15) is 11.3 Å². The fourth-order valence-electron chi connectivity index (χ4n) is 2.42. The summed E-state index contributed by atoms with van der Waals surface area (Å²) in [5, 5.41) is 0. The Hall–Kier alpha value is -2.63. The predicted molar refractivity (Wildman–Crippen MR) is 98.6 cm³/mol. The van der Waals surface area contributed by atoms with Gasteiger partial charge in [-0.15, -0.1) is 0 Å². The lowest BCUT2D eigenvalue weighted by atomic mass is 9.79. The zero-order chi connectivity index (χ0) is 17.3. The van der Waals surface area contributed by atoms with Crippen molar-refractivity contribution >= 4 is 12.6 Å². The summed E-state index contributed by atoms with van der Waals surface area (Å²) in [6.07, 6.45) is 1.71. The summed E-state index contributed by atoms with van der Waals surface area (Å²) < 4.78 is 17.2. The van der Waals surface area contributed by atoms with Crippen molar-refractivity contribution in [3.05, 3.63) is 90.3 Å². The molecule has 4 nitrogen and oxygen atoms in total. The van der Waals surface area contributed by atoms with Crippen LogP contribution in [0.25, 0.3) is 0 Å². The number of benzene rings is 2. The van der Waals surface area contributed by atoms with Gasteiger partial charge in [-0.1, -0.05) is 60.7 Å². The van der Waals surface area contributed by atoms with Crippen molar-refractivity contribution in [3.8, 4) is 5.75 Å². The van der Waals surface area contributed by atoms with Crippen LogP contribution in [0.3, 0.4) is 0 Å². The van der Waals surface area contributed by atoms with Gasteiger partial charge in [0.05, 0.1) is 26.0 Å². The van der Waals surface area contributed by atoms with E-state index in [0.29, 0.717) is 13.2 Å². The van der Waals surface area contributed by atoms with Crippen LogP contribution in [-0.2, 0) is 22.5 Å². The summed E-state index contributed by atoms with van der Waals surface area (Å²) in [5.74, 6) is 0.759. The Kier molecular flexibility index (Phi) is 6.20. The molecule has 0 bridgehead atoms. The zero-order valence-electron chi connectivity index (χ0n) is 14.2. The molecule has 0 spiro atoms. The summed E-state index contributed by atoms with van der Waals surface area (Å²) in [4.78, 5) is 4.31. The normalized spacial score (nSPS) is 10.4. The molecule has 0 aliphatic carbocycles. The molecule has 0 atom stereocenters. The molecule has 1 heterocycles. The minimum atomic E-state index is -0.464. The van der Waals surface area contributed by atoms with Gasteiger partial charge in [0.2, 0.25) is 0 Å². The molecule has 5 heteroatoms. The summed E-state index contributed by atoms with van der Waals surface area (Å²) >= 11 is 0. The molecular formula is C20H20BNO3. The van der Waals surface area contributed by atoms with Gasteiger partial charge >= 0.3 is 7.12 Å². The molecule has 0 saturated carbocycles. The molecule has 126 valence electrons. The fourth-order valence-corrected chi connectivity index (χ4v) is 2.42. The molecule has 1 aromatic heterocycles. The van der Waals surface area contributed by atoms with Gasteiger partial charge in [0.25, 0.3) is 0 Å². The number of hydrogen-bond donors (Lipinski definition) is 0. The van der Waals surface area contributed by atoms with E-state index in [1.807, 2.05) is 72.8 Å². The maximum atomic E-state index is 6.01. The van der Waals surface area contributed by atoms with E-state index in [9.17, 15) is 0 Å². The van der Waals surface area contributed by atoms with Crippen molar-refractivity contribution < 1.29 is 14.0 Å². The number of hydrogen-bond acceptors (Lipinski definition) is 4. The highest BCUT2D eigenvalue weighted by Gasteiger charge is 2.21. The molecule has 0 amide bonds. The smallest absolute Gasteiger partial charge is 0.494 e. The minimum Gasteiger partial charge on any atom is -0.497 e. The number of methoxy groups -OCH3 is 1. The highest BCUT2D eigenvalue weighted by atomic mass is 16.6. The Labute approximate surface area is 148 Å². The largest absolute Gasteiger partial charge is 0.497 e. The van der Waals surface area contributed by atoms with E-state index >= 15 is 0 Å². The number of ether oxygens (including phenoxy) is 1. The first-order valence-corrected chi connectivity index (χ1v) is 8.16. The second-order valence-electron chi connectivity index (χ2n) is 5.54. The molecule has 0 fully saturated rings.